The van der Waals surface area contributed by atoms with Gasteiger partial charge in [0.15, 0.2) is 23.1 Å². The second-order valence-electron chi connectivity index (χ2n) is 4.12. The summed E-state index contributed by atoms with van der Waals surface area (Å²) in [6.45, 7) is 1.64. The van der Waals surface area contributed by atoms with Gasteiger partial charge < -0.3 is 10.5 Å². The summed E-state index contributed by atoms with van der Waals surface area (Å²) < 4.78 is 45.4. The van der Waals surface area contributed by atoms with E-state index in [9.17, 15) is 13.2 Å². The van der Waals surface area contributed by atoms with Gasteiger partial charge >= 0.3 is 0 Å². The Labute approximate surface area is 108 Å². The minimum absolute atomic E-state index is 0.193. The molecule has 0 fully saturated rings. The normalized spacial score (nSPS) is 12.3. The third-order valence-corrected chi connectivity index (χ3v) is 2.59. The van der Waals surface area contributed by atoms with Crippen LogP contribution in [-0.4, -0.2) is 0 Å². The predicted octanol–water partition coefficient (Wildman–Crippen LogP) is 3.92. The molecule has 0 aliphatic carbocycles. The van der Waals surface area contributed by atoms with Gasteiger partial charge in [-0.15, -0.1) is 0 Å². The SMILES string of the molecule is C[C@@H](N)c1cccc(F)c1Oc1cc(F)ccc1F. The highest BCUT2D eigenvalue weighted by atomic mass is 19.1. The van der Waals surface area contributed by atoms with E-state index in [0.717, 1.165) is 18.2 Å². The van der Waals surface area contributed by atoms with Crippen LogP contribution in [0.25, 0.3) is 0 Å². The van der Waals surface area contributed by atoms with E-state index in [0.29, 0.717) is 5.56 Å². The maximum Gasteiger partial charge on any atom is 0.167 e. The second-order valence-corrected chi connectivity index (χ2v) is 4.12. The quantitative estimate of drug-likeness (QED) is 0.914. The van der Waals surface area contributed by atoms with Crippen LogP contribution in [-0.2, 0) is 0 Å². The molecule has 0 spiro atoms. The van der Waals surface area contributed by atoms with Gasteiger partial charge in [-0.05, 0) is 25.1 Å². The molecule has 0 aliphatic heterocycles. The Hall–Kier alpha value is -2.01. The summed E-state index contributed by atoms with van der Waals surface area (Å²) in [7, 11) is 0. The van der Waals surface area contributed by atoms with Gasteiger partial charge in [-0.2, -0.15) is 0 Å². The van der Waals surface area contributed by atoms with Crippen molar-refractivity contribution in [2.24, 2.45) is 5.73 Å². The van der Waals surface area contributed by atoms with Gasteiger partial charge in [0.2, 0.25) is 0 Å². The monoisotopic (exact) mass is 267 g/mol. The molecule has 2 aromatic rings. The molecule has 2 aromatic carbocycles. The van der Waals surface area contributed by atoms with E-state index in [1.165, 1.54) is 12.1 Å². The molecule has 0 bridgehead atoms. The van der Waals surface area contributed by atoms with E-state index in [4.69, 9.17) is 10.5 Å². The highest BCUT2D eigenvalue weighted by Gasteiger charge is 2.16. The molecular weight excluding hydrogens is 255 g/mol. The van der Waals surface area contributed by atoms with Gasteiger partial charge in [-0.25, -0.2) is 13.2 Å². The van der Waals surface area contributed by atoms with Crippen LogP contribution in [0.1, 0.15) is 18.5 Å². The van der Waals surface area contributed by atoms with E-state index >= 15 is 0 Å². The van der Waals surface area contributed by atoms with Crippen LogP contribution in [0.5, 0.6) is 11.5 Å². The van der Waals surface area contributed by atoms with Gasteiger partial charge in [0.05, 0.1) is 0 Å². The zero-order valence-electron chi connectivity index (χ0n) is 10.2. The first-order valence-electron chi connectivity index (χ1n) is 5.66. The molecule has 2 rings (SSSR count). The van der Waals surface area contributed by atoms with Crippen molar-refractivity contribution in [3.63, 3.8) is 0 Å². The first-order chi connectivity index (χ1) is 8.99. The largest absolute Gasteiger partial charge is 0.451 e. The molecule has 0 heterocycles. The molecule has 100 valence electrons. The molecule has 2 nitrogen and oxygen atoms in total. The molecule has 0 aliphatic rings. The van der Waals surface area contributed by atoms with Crippen molar-refractivity contribution < 1.29 is 17.9 Å². The molecule has 0 saturated carbocycles. The first kappa shape index (κ1) is 13.4. The minimum Gasteiger partial charge on any atom is -0.451 e. The lowest BCUT2D eigenvalue weighted by molar-refractivity contribution is 0.403. The summed E-state index contributed by atoms with van der Waals surface area (Å²) >= 11 is 0. The number of rotatable bonds is 3. The lowest BCUT2D eigenvalue weighted by Crippen LogP contribution is -2.08. The van der Waals surface area contributed by atoms with Crippen LogP contribution in [0.15, 0.2) is 36.4 Å². The van der Waals surface area contributed by atoms with Crippen molar-refractivity contribution in [1.82, 2.24) is 0 Å². The zero-order chi connectivity index (χ0) is 14.0. The fourth-order valence-corrected chi connectivity index (χ4v) is 1.66. The number of ether oxygens (including phenoxy) is 1. The van der Waals surface area contributed by atoms with Crippen molar-refractivity contribution in [2.75, 3.05) is 0 Å². The number of halogens is 3. The van der Waals surface area contributed by atoms with Crippen LogP contribution in [0.2, 0.25) is 0 Å². The van der Waals surface area contributed by atoms with Gasteiger partial charge in [-0.3, -0.25) is 0 Å². The van der Waals surface area contributed by atoms with Crippen LogP contribution >= 0.6 is 0 Å². The van der Waals surface area contributed by atoms with Gasteiger partial charge in [0.25, 0.3) is 0 Å². The fourth-order valence-electron chi connectivity index (χ4n) is 1.66. The van der Waals surface area contributed by atoms with Crippen molar-refractivity contribution in [2.45, 2.75) is 13.0 Å². The second kappa shape index (κ2) is 5.32. The van der Waals surface area contributed by atoms with Crippen LogP contribution < -0.4 is 10.5 Å². The van der Waals surface area contributed by atoms with Gasteiger partial charge in [0.1, 0.15) is 5.82 Å². The average Bonchev–Trinajstić information content (AvgIpc) is 2.35. The molecule has 19 heavy (non-hydrogen) atoms. The summed E-state index contributed by atoms with van der Waals surface area (Å²) in [4.78, 5) is 0. The van der Waals surface area contributed by atoms with E-state index < -0.39 is 23.5 Å². The third kappa shape index (κ3) is 2.88. The molecule has 0 aromatic heterocycles. The minimum atomic E-state index is -0.778. The molecule has 5 heteroatoms. The van der Waals surface area contributed by atoms with Crippen molar-refractivity contribution in [3.8, 4) is 11.5 Å². The Bertz CT molecular complexity index is 599. The first-order valence-corrected chi connectivity index (χ1v) is 5.66. The highest BCUT2D eigenvalue weighted by Crippen LogP contribution is 2.32. The highest BCUT2D eigenvalue weighted by molar-refractivity contribution is 5.41. The number of hydrogen-bond donors (Lipinski definition) is 1. The van der Waals surface area contributed by atoms with Crippen LogP contribution in [0.4, 0.5) is 13.2 Å². The van der Waals surface area contributed by atoms with E-state index in [1.807, 2.05) is 0 Å². The summed E-state index contributed by atoms with van der Waals surface area (Å²) in [5, 5.41) is 0. The predicted molar refractivity (Wildman–Crippen MR) is 65.4 cm³/mol. The molecule has 0 amide bonds. The van der Waals surface area contributed by atoms with Crippen LogP contribution in [0, 0.1) is 17.5 Å². The Morgan fingerprint density at radius 3 is 2.47 bits per heavy atom. The summed E-state index contributed by atoms with van der Waals surface area (Å²) in [5.74, 6) is -2.71. The maximum absolute atomic E-state index is 13.7. The van der Waals surface area contributed by atoms with E-state index in [2.05, 4.69) is 0 Å². The average molecular weight is 267 g/mol. The zero-order valence-corrected chi connectivity index (χ0v) is 10.2. The number of benzene rings is 2. The van der Waals surface area contributed by atoms with E-state index in [-0.39, 0.29) is 11.5 Å². The topological polar surface area (TPSA) is 35.2 Å². The van der Waals surface area contributed by atoms with Crippen LogP contribution in [0.3, 0.4) is 0 Å². The number of hydrogen-bond acceptors (Lipinski definition) is 2. The lowest BCUT2D eigenvalue weighted by Gasteiger charge is -2.14. The molecule has 0 radical (unpaired) electrons. The fraction of sp³-hybridized carbons (Fsp3) is 0.143. The van der Waals surface area contributed by atoms with Crippen molar-refractivity contribution in [3.05, 3.63) is 59.4 Å². The Kier molecular flexibility index (Phi) is 3.76. The van der Waals surface area contributed by atoms with Gasteiger partial charge in [-0.1, -0.05) is 12.1 Å². The number of para-hydroxylation sites is 1. The van der Waals surface area contributed by atoms with Crippen molar-refractivity contribution >= 4 is 0 Å². The standard InChI is InChI=1S/C14H12F3NO/c1-8(18)10-3-2-4-12(17)14(10)19-13-7-9(15)5-6-11(13)16/h2-8H,18H2,1H3/t8-/m1/s1. The Balaban J connectivity index is 2.46. The Morgan fingerprint density at radius 2 is 1.79 bits per heavy atom. The summed E-state index contributed by atoms with van der Waals surface area (Å²) in [6.07, 6.45) is 0. The smallest absolute Gasteiger partial charge is 0.167 e. The maximum atomic E-state index is 13.7. The molecule has 1 atom stereocenters. The number of nitrogens with two attached hydrogens (primary N) is 1. The Morgan fingerprint density at radius 1 is 1.05 bits per heavy atom. The lowest BCUT2D eigenvalue weighted by atomic mass is 10.1. The molecule has 0 saturated heterocycles. The molecule has 2 N–H and O–H groups in total. The molecular formula is C14H12F3NO. The summed E-state index contributed by atoms with van der Waals surface area (Å²) in [5.41, 5.74) is 6.07. The summed E-state index contributed by atoms with van der Waals surface area (Å²) in [6, 6.07) is 6.43. The third-order valence-electron chi connectivity index (χ3n) is 2.59. The van der Waals surface area contributed by atoms with E-state index in [1.54, 1.807) is 13.0 Å². The van der Waals surface area contributed by atoms with Gasteiger partial charge in [0, 0.05) is 17.7 Å². The molecule has 0 unspecified atom stereocenters. The van der Waals surface area contributed by atoms with Crippen molar-refractivity contribution in [1.29, 1.82) is 0 Å².